The molecule has 2 saturated heterocycles. The average Bonchev–Trinajstić information content (AvgIpc) is 3.30. The molecule has 2 N–H and O–H groups in total. The summed E-state index contributed by atoms with van der Waals surface area (Å²) in [4.78, 5) is 10.5. The van der Waals surface area contributed by atoms with Gasteiger partial charge in [0.15, 0.2) is 0 Å². The quantitative estimate of drug-likeness (QED) is 0.429. The molecule has 2 bridgehead atoms. The number of halogens is 1. The molecule has 1 aromatic carbocycles. The molecule has 0 amide bonds. The van der Waals surface area contributed by atoms with Gasteiger partial charge in [0.25, 0.3) is 0 Å². The van der Waals surface area contributed by atoms with Crippen molar-refractivity contribution in [1.82, 2.24) is 0 Å². The van der Waals surface area contributed by atoms with Crippen LogP contribution in [0.4, 0.5) is 4.39 Å². The molecule has 5 atom stereocenters. The number of allylic oxidation sites excluding steroid dienone is 2. The van der Waals surface area contributed by atoms with Gasteiger partial charge in [-0.25, -0.2) is 4.39 Å². The van der Waals surface area contributed by atoms with Crippen molar-refractivity contribution in [1.29, 1.82) is 0 Å². The zero-order valence-electron chi connectivity index (χ0n) is 16.5. The van der Waals surface area contributed by atoms with E-state index in [1.807, 2.05) is 6.08 Å². The molecule has 2 aliphatic heterocycles. The third-order valence-electron chi connectivity index (χ3n) is 5.61. The number of hydrogen-bond acceptors (Lipinski definition) is 4. The van der Waals surface area contributed by atoms with Crippen LogP contribution in [0.3, 0.4) is 0 Å². The van der Waals surface area contributed by atoms with Crippen LogP contribution in [-0.2, 0) is 9.53 Å². The molecule has 2 aliphatic rings. The van der Waals surface area contributed by atoms with Crippen molar-refractivity contribution in [2.24, 2.45) is 11.8 Å². The summed E-state index contributed by atoms with van der Waals surface area (Å²) in [5, 5.41) is 18.9. The summed E-state index contributed by atoms with van der Waals surface area (Å²) in [6, 6.07) is 5.72. The standard InChI is InChI=1S/C23H29FO5/c24-16-7-10-18(11-8-16)28-15-17(25)9-12-20-19(21-13-14-22(20)29-21)5-3-1-2-4-6-23(26)27/h1,3,7-12,17,19-22,25H,2,4-6,13-15H2,(H,26,27)/b3-1-,12-9+. The number of fused-ring (bicyclic) bond motifs is 2. The second kappa shape index (κ2) is 10.6. The number of aliphatic hydroxyl groups is 1. The highest BCUT2D eigenvalue weighted by Gasteiger charge is 2.46. The molecule has 0 aliphatic carbocycles. The smallest absolute Gasteiger partial charge is 0.303 e. The zero-order chi connectivity index (χ0) is 20.6. The summed E-state index contributed by atoms with van der Waals surface area (Å²) in [5.41, 5.74) is 0. The number of rotatable bonds is 11. The minimum absolute atomic E-state index is 0.109. The first-order valence-corrected chi connectivity index (χ1v) is 10.3. The summed E-state index contributed by atoms with van der Waals surface area (Å²) >= 11 is 0. The molecule has 1 aromatic rings. The fourth-order valence-corrected chi connectivity index (χ4v) is 4.15. The van der Waals surface area contributed by atoms with E-state index in [0.717, 1.165) is 25.7 Å². The number of unbranched alkanes of at least 4 members (excludes halogenated alkanes) is 1. The van der Waals surface area contributed by atoms with E-state index in [1.165, 1.54) is 24.3 Å². The Bertz CT molecular complexity index is 714. The lowest BCUT2D eigenvalue weighted by molar-refractivity contribution is -0.137. The lowest BCUT2D eigenvalue weighted by atomic mass is 9.77. The van der Waals surface area contributed by atoms with Crippen molar-refractivity contribution in [2.75, 3.05) is 6.61 Å². The molecule has 0 saturated carbocycles. The van der Waals surface area contributed by atoms with Crippen LogP contribution in [0.5, 0.6) is 5.75 Å². The van der Waals surface area contributed by atoms with Crippen LogP contribution in [0.2, 0.25) is 0 Å². The molecule has 5 nitrogen and oxygen atoms in total. The highest BCUT2D eigenvalue weighted by atomic mass is 19.1. The molecule has 2 heterocycles. The van der Waals surface area contributed by atoms with Gasteiger partial charge in [0.2, 0.25) is 0 Å². The maximum absolute atomic E-state index is 12.9. The van der Waals surface area contributed by atoms with Crippen molar-refractivity contribution in [3.8, 4) is 5.75 Å². The van der Waals surface area contributed by atoms with E-state index in [1.54, 1.807) is 6.08 Å². The van der Waals surface area contributed by atoms with Crippen LogP contribution in [-0.4, -0.2) is 41.1 Å². The Balaban J connectivity index is 1.46. The summed E-state index contributed by atoms with van der Waals surface area (Å²) in [6.45, 7) is 0.109. The molecule has 29 heavy (non-hydrogen) atoms. The normalized spacial score (nSPS) is 27.1. The third kappa shape index (κ3) is 6.41. The van der Waals surface area contributed by atoms with E-state index in [2.05, 4.69) is 12.2 Å². The molecule has 3 rings (SSSR count). The number of hydrogen-bond donors (Lipinski definition) is 2. The molecule has 6 heteroatoms. The van der Waals surface area contributed by atoms with Crippen molar-refractivity contribution in [3.05, 3.63) is 54.4 Å². The van der Waals surface area contributed by atoms with E-state index in [4.69, 9.17) is 14.6 Å². The predicted molar refractivity (Wildman–Crippen MR) is 107 cm³/mol. The van der Waals surface area contributed by atoms with Crippen LogP contribution in [0.15, 0.2) is 48.6 Å². The Morgan fingerprint density at radius 1 is 1.24 bits per heavy atom. The SMILES string of the molecule is O=C(O)CCC/C=C\CC1C2CCC(O2)C1/C=C/C(O)COc1ccc(F)cc1. The Morgan fingerprint density at radius 2 is 2.00 bits per heavy atom. The highest BCUT2D eigenvalue weighted by Crippen LogP contribution is 2.45. The first-order chi connectivity index (χ1) is 14.0. The minimum Gasteiger partial charge on any atom is -0.491 e. The molecular weight excluding hydrogens is 375 g/mol. The Hall–Kier alpha value is -2.18. The highest BCUT2D eigenvalue weighted by molar-refractivity contribution is 5.66. The molecule has 158 valence electrons. The van der Waals surface area contributed by atoms with Crippen molar-refractivity contribution in [2.45, 2.75) is 56.8 Å². The Labute approximate surface area is 170 Å². The summed E-state index contributed by atoms with van der Waals surface area (Å²) in [6.07, 6.45) is 12.3. The largest absolute Gasteiger partial charge is 0.491 e. The lowest BCUT2D eigenvalue weighted by Gasteiger charge is -2.25. The molecule has 0 radical (unpaired) electrons. The van der Waals surface area contributed by atoms with Crippen molar-refractivity contribution in [3.63, 3.8) is 0 Å². The molecule has 0 spiro atoms. The first kappa shape index (κ1) is 21.5. The van der Waals surface area contributed by atoms with Crippen LogP contribution < -0.4 is 4.74 Å². The second-order valence-electron chi connectivity index (χ2n) is 7.74. The molecule has 0 aromatic heterocycles. The van der Waals surface area contributed by atoms with E-state index in [0.29, 0.717) is 18.1 Å². The number of benzene rings is 1. The number of aliphatic carboxylic acids is 1. The summed E-state index contributed by atoms with van der Waals surface area (Å²) in [7, 11) is 0. The van der Waals surface area contributed by atoms with Gasteiger partial charge in [0, 0.05) is 12.3 Å². The van der Waals surface area contributed by atoms with Gasteiger partial charge in [-0.15, -0.1) is 0 Å². The van der Waals surface area contributed by atoms with Gasteiger partial charge in [0.05, 0.1) is 12.2 Å². The van der Waals surface area contributed by atoms with Crippen LogP contribution >= 0.6 is 0 Å². The van der Waals surface area contributed by atoms with Crippen LogP contribution in [0.25, 0.3) is 0 Å². The summed E-state index contributed by atoms with van der Waals surface area (Å²) in [5.74, 6) is 0.0833. The van der Waals surface area contributed by atoms with E-state index < -0.39 is 12.1 Å². The maximum Gasteiger partial charge on any atom is 0.303 e. The van der Waals surface area contributed by atoms with Crippen molar-refractivity contribution < 1.29 is 28.9 Å². The maximum atomic E-state index is 12.9. The molecule has 5 unspecified atom stereocenters. The lowest BCUT2D eigenvalue weighted by Crippen LogP contribution is -2.26. The first-order valence-electron chi connectivity index (χ1n) is 10.3. The van der Waals surface area contributed by atoms with E-state index in [-0.39, 0.29) is 37.0 Å². The number of carboxylic acids is 1. The summed E-state index contributed by atoms with van der Waals surface area (Å²) < 4.78 is 24.5. The Kier molecular flexibility index (Phi) is 7.83. The second-order valence-corrected chi connectivity index (χ2v) is 7.74. The van der Waals surface area contributed by atoms with Gasteiger partial charge >= 0.3 is 5.97 Å². The van der Waals surface area contributed by atoms with Crippen molar-refractivity contribution >= 4 is 5.97 Å². The number of ether oxygens (including phenoxy) is 2. The van der Waals surface area contributed by atoms with E-state index >= 15 is 0 Å². The zero-order valence-corrected chi connectivity index (χ0v) is 16.5. The number of carboxylic acid groups (broad SMARTS) is 1. The van der Waals surface area contributed by atoms with Gasteiger partial charge in [0.1, 0.15) is 24.3 Å². The van der Waals surface area contributed by atoms with Gasteiger partial charge < -0.3 is 19.7 Å². The predicted octanol–water partition coefficient (Wildman–Crippen LogP) is 4.12. The molecule has 2 fully saturated rings. The van der Waals surface area contributed by atoms with Crippen LogP contribution in [0, 0.1) is 17.7 Å². The topological polar surface area (TPSA) is 76.0 Å². The number of aliphatic hydroxyl groups excluding tert-OH is 1. The third-order valence-corrected chi connectivity index (χ3v) is 5.61. The average molecular weight is 404 g/mol. The molecular formula is C23H29FO5. The number of carbonyl (C=O) groups is 1. The fraction of sp³-hybridized carbons (Fsp3) is 0.522. The monoisotopic (exact) mass is 404 g/mol. The van der Waals surface area contributed by atoms with Gasteiger partial charge in [-0.05, 0) is 62.3 Å². The van der Waals surface area contributed by atoms with Crippen LogP contribution in [0.1, 0.15) is 38.5 Å². The van der Waals surface area contributed by atoms with E-state index in [9.17, 15) is 14.3 Å². The van der Waals surface area contributed by atoms with Gasteiger partial charge in [-0.3, -0.25) is 4.79 Å². The Morgan fingerprint density at radius 3 is 2.76 bits per heavy atom. The van der Waals surface area contributed by atoms with Gasteiger partial charge in [-0.2, -0.15) is 0 Å². The fourth-order valence-electron chi connectivity index (χ4n) is 4.15. The minimum atomic E-state index is -0.757. The van der Waals surface area contributed by atoms with Gasteiger partial charge in [-0.1, -0.05) is 24.3 Å².